The lowest BCUT2D eigenvalue weighted by Crippen LogP contribution is -2.05. The number of benzene rings is 2. The molecule has 0 fully saturated rings. The summed E-state index contributed by atoms with van der Waals surface area (Å²) in [4.78, 5) is 11.3. The molecule has 0 aliphatic heterocycles. The zero-order valence-electron chi connectivity index (χ0n) is 11.3. The summed E-state index contributed by atoms with van der Waals surface area (Å²) < 4.78 is 4.86. The first-order valence-corrected chi connectivity index (χ1v) is 6.79. The molecule has 22 heavy (non-hydrogen) atoms. The number of nitrogens with zero attached hydrogens (tertiary/aromatic N) is 1. The minimum Gasteiger partial charge on any atom is -0.478 e. The van der Waals surface area contributed by atoms with Crippen LogP contribution in [0.5, 0.6) is 0 Å². The highest BCUT2D eigenvalue weighted by Crippen LogP contribution is 2.40. The van der Waals surface area contributed by atoms with Crippen LogP contribution in [0.3, 0.4) is 0 Å². The van der Waals surface area contributed by atoms with Crippen molar-refractivity contribution in [2.75, 3.05) is 5.73 Å². The van der Waals surface area contributed by atoms with Gasteiger partial charge in [-0.1, -0.05) is 41.0 Å². The van der Waals surface area contributed by atoms with Crippen LogP contribution in [0.15, 0.2) is 53.3 Å². The number of nitrogen functional groups attached to an aromatic ring is 1. The molecule has 0 saturated heterocycles. The molecule has 3 N–H and O–H groups in total. The van der Waals surface area contributed by atoms with Gasteiger partial charge in [-0.3, -0.25) is 0 Å². The van der Waals surface area contributed by atoms with Crippen LogP contribution in [0.25, 0.3) is 22.4 Å². The third-order valence-electron chi connectivity index (χ3n) is 3.33. The molecular weight excluding hydrogens is 304 g/mol. The number of aromatic carboxylic acids is 1. The zero-order valence-corrected chi connectivity index (χ0v) is 12.0. The summed E-state index contributed by atoms with van der Waals surface area (Å²) in [5, 5.41) is 13.7. The number of rotatable bonds is 3. The van der Waals surface area contributed by atoms with Gasteiger partial charge in [-0.05, 0) is 17.7 Å². The Labute approximate surface area is 130 Å². The van der Waals surface area contributed by atoms with E-state index >= 15 is 0 Å². The third kappa shape index (κ3) is 2.31. The molecular formula is C16H11ClN2O3. The lowest BCUT2D eigenvalue weighted by atomic mass is 9.93. The lowest BCUT2D eigenvalue weighted by Gasteiger charge is -2.13. The fourth-order valence-electron chi connectivity index (χ4n) is 2.33. The fourth-order valence-corrected chi connectivity index (χ4v) is 2.57. The standard InChI is InChI=1S/C16H11ClN2O3/c17-12-4-2-1-3-9(12)10-5-6-11(16(20)21)15(18)14(10)13-7-8-22-19-13/h1-8H,18H2,(H,20,21). The Balaban J connectivity index is 2.34. The monoisotopic (exact) mass is 314 g/mol. The summed E-state index contributed by atoms with van der Waals surface area (Å²) >= 11 is 6.25. The molecule has 0 bridgehead atoms. The van der Waals surface area contributed by atoms with E-state index < -0.39 is 5.97 Å². The maximum absolute atomic E-state index is 11.3. The van der Waals surface area contributed by atoms with Crippen molar-refractivity contribution in [1.82, 2.24) is 5.16 Å². The van der Waals surface area contributed by atoms with Gasteiger partial charge in [0.1, 0.15) is 12.0 Å². The molecule has 5 nitrogen and oxygen atoms in total. The van der Waals surface area contributed by atoms with Crippen LogP contribution in [0, 0.1) is 0 Å². The first-order valence-electron chi connectivity index (χ1n) is 6.41. The molecule has 3 rings (SSSR count). The van der Waals surface area contributed by atoms with Gasteiger partial charge >= 0.3 is 5.97 Å². The minimum absolute atomic E-state index is 0.00815. The lowest BCUT2D eigenvalue weighted by molar-refractivity contribution is 0.0698. The van der Waals surface area contributed by atoms with Crippen LogP contribution in [0.2, 0.25) is 5.02 Å². The van der Waals surface area contributed by atoms with Gasteiger partial charge in [0.05, 0.1) is 11.3 Å². The summed E-state index contributed by atoms with van der Waals surface area (Å²) in [5.41, 5.74) is 8.57. The smallest absolute Gasteiger partial charge is 0.337 e. The van der Waals surface area contributed by atoms with Gasteiger partial charge in [0.15, 0.2) is 0 Å². The highest BCUT2D eigenvalue weighted by molar-refractivity contribution is 6.33. The first-order chi connectivity index (χ1) is 10.6. The fraction of sp³-hybridized carbons (Fsp3) is 0. The molecule has 2 aromatic carbocycles. The quantitative estimate of drug-likeness (QED) is 0.715. The van der Waals surface area contributed by atoms with Crippen molar-refractivity contribution >= 4 is 23.3 Å². The van der Waals surface area contributed by atoms with Crippen molar-refractivity contribution in [1.29, 1.82) is 0 Å². The van der Waals surface area contributed by atoms with E-state index in [0.717, 1.165) is 5.56 Å². The predicted molar refractivity (Wildman–Crippen MR) is 83.8 cm³/mol. The summed E-state index contributed by atoms with van der Waals surface area (Å²) in [6.45, 7) is 0. The van der Waals surface area contributed by atoms with E-state index in [1.807, 2.05) is 18.2 Å². The van der Waals surface area contributed by atoms with Gasteiger partial charge in [0, 0.05) is 22.2 Å². The number of hydrogen-bond acceptors (Lipinski definition) is 4. The molecule has 1 heterocycles. The van der Waals surface area contributed by atoms with E-state index in [-0.39, 0.29) is 11.3 Å². The molecule has 0 radical (unpaired) electrons. The van der Waals surface area contributed by atoms with E-state index in [2.05, 4.69) is 5.16 Å². The van der Waals surface area contributed by atoms with Crippen molar-refractivity contribution in [3.05, 3.63) is 59.3 Å². The van der Waals surface area contributed by atoms with E-state index in [0.29, 0.717) is 21.8 Å². The first kappa shape index (κ1) is 14.2. The Morgan fingerprint density at radius 1 is 1.14 bits per heavy atom. The maximum Gasteiger partial charge on any atom is 0.337 e. The summed E-state index contributed by atoms with van der Waals surface area (Å²) in [7, 11) is 0. The van der Waals surface area contributed by atoms with Crippen LogP contribution >= 0.6 is 11.6 Å². The van der Waals surface area contributed by atoms with Gasteiger partial charge in [-0.25, -0.2) is 4.79 Å². The number of carbonyl (C=O) groups is 1. The molecule has 0 amide bonds. The van der Waals surface area contributed by atoms with Crippen LogP contribution in [0.1, 0.15) is 10.4 Å². The summed E-state index contributed by atoms with van der Waals surface area (Å²) in [6.07, 6.45) is 1.40. The van der Waals surface area contributed by atoms with Crippen molar-refractivity contribution in [3.63, 3.8) is 0 Å². The number of carboxylic acids is 1. The molecule has 3 aromatic rings. The Kier molecular flexibility index (Phi) is 3.56. The normalized spacial score (nSPS) is 10.6. The number of hydrogen-bond donors (Lipinski definition) is 2. The van der Waals surface area contributed by atoms with Crippen molar-refractivity contribution in [3.8, 4) is 22.4 Å². The molecule has 0 aliphatic carbocycles. The topological polar surface area (TPSA) is 89.4 Å². The molecule has 1 aromatic heterocycles. The van der Waals surface area contributed by atoms with E-state index in [9.17, 15) is 9.90 Å². The highest BCUT2D eigenvalue weighted by atomic mass is 35.5. The van der Waals surface area contributed by atoms with Gasteiger partial charge in [-0.15, -0.1) is 0 Å². The highest BCUT2D eigenvalue weighted by Gasteiger charge is 2.20. The molecule has 0 saturated carbocycles. The Morgan fingerprint density at radius 3 is 2.55 bits per heavy atom. The van der Waals surface area contributed by atoms with E-state index in [1.165, 1.54) is 12.3 Å². The second kappa shape index (κ2) is 5.54. The minimum atomic E-state index is -1.10. The van der Waals surface area contributed by atoms with Gasteiger partial charge in [0.25, 0.3) is 0 Å². The second-order valence-electron chi connectivity index (χ2n) is 4.62. The van der Waals surface area contributed by atoms with Crippen LogP contribution in [-0.2, 0) is 0 Å². The average molecular weight is 315 g/mol. The number of aromatic nitrogens is 1. The average Bonchev–Trinajstić information content (AvgIpc) is 3.01. The SMILES string of the molecule is Nc1c(C(=O)O)ccc(-c2ccccc2Cl)c1-c1ccon1. The molecule has 0 aliphatic rings. The van der Waals surface area contributed by atoms with Crippen molar-refractivity contribution in [2.24, 2.45) is 0 Å². The van der Waals surface area contributed by atoms with Crippen molar-refractivity contribution in [2.45, 2.75) is 0 Å². The molecule has 0 unspecified atom stereocenters. The number of anilines is 1. The van der Waals surface area contributed by atoms with E-state index in [4.69, 9.17) is 21.9 Å². The molecule has 0 atom stereocenters. The Hall–Kier alpha value is -2.79. The molecule has 0 spiro atoms. The molecule has 110 valence electrons. The Morgan fingerprint density at radius 2 is 1.91 bits per heavy atom. The van der Waals surface area contributed by atoms with Gasteiger partial charge in [-0.2, -0.15) is 0 Å². The van der Waals surface area contributed by atoms with Crippen LogP contribution in [-0.4, -0.2) is 16.2 Å². The largest absolute Gasteiger partial charge is 0.478 e. The summed E-state index contributed by atoms with van der Waals surface area (Å²) in [5.74, 6) is -1.10. The zero-order chi connectivity index (χ0) is 15.7. The second-order valence-corrected chi connectivity index (χ2v) is 5.03. The number of nitrogens with two attached hydrogens (primary N) is 1. The van der Waals surface area contributed by atoms with Crippen molar-refractivity contribution < 1.29 is 14.4 Å². The third-order valence-corrected chi connectivity index (χ3v) is 3.66. The van der Waals surface area contributed by atoms with Crippen LogP contribution in [0.4, 0.5) is 5.69 Å². The molecule has 6 heteroatoms. The predicted octanol–water partition coefficient (Wildman–Crippen LogP) is 3.94. The van der Waals surface area contributed by atoms with Crippen LogP contribution < -0.4 is 5.73 Å². The number of carboxylic acid groups (broad SMARTS) is 1. The maximum atomic E-state index is 11.3. The van der Waals surface area contributed by atoms with Gasteiger partial charge < -0.3 is 15.4 Å². The Bertz CT molecular complexity index is 845. The summed E-state index contributed by atoms with van der Waals surface area (Å²) in [6, 6.07) is 12.0. The number of halogens is 1. The van der Waals surface area contributed by atoms with Gasteiger partial charge in [0.2, 0.25) is 0 Å². The van der Waals surface area contributed by atoms with E-state index in [1.54, 1.807) is 18.2 Å².